The van der Waals surface area contributed by atoms with Crippen molar-refractivity contribution in [3.8, 4) is 0 Å². The number of hydrogen-bond donors (Lipinski definition) is 0. The molecule has 0 fully saturated rings. The molecule has 1 unspecified atom stereocenters. The molecule has 0 radical (unpaired) electrons. The van der Waals surface area contributed by atoms with Crippen LogP contribution < -0.4 is 0 Å². The van der Waals surface area contributed by atoms with Crippen LogP contribution in [0.2, 0.25) is 0 Å². The number of carbonyl (C=O) groups excluding carboxylic acids is 2. The molecular formula is C10H16O5. The lowest BCUT2D eigenvalue weighted by Gasteiger charge is -2.10. The average molecular weight is 216 g/mol. The van der Waals surface area contributed by atoms with Gasteiger partial charge in [-0.25, -0.2) is 9.59 Å². The number of methoxy groups -OCH3 is 1. The zero-order valence-corrected chi connectivity index (χ0v) is 9.19. The summed E-state index contributed by atoms with van der Waals surface area (Å²) in [5.41, 5.74) is 0. The van der Waals surface area contributed by atoms with Crippen molar-refractivity contribution in [2.75, 3.05) is 20.3 Å². The summed E-state index contributed by atoms with van der Waals surface area (Å²) < 4.78 is 14.2. The molecule has 0 saturated heterocycles. The van der Waals surface area contributed by atoms with E-state index in [4.69, 9.17) is 14.2 Å². The molecule has 0 aliphatic heterocycles. The second-order valence-electron chi connectivity index (χ2n) is 2.74. The lowest BCUT2D eigenvalue weighted by Crippen LogP contribution is -2.26. The standard InChI is InChI=1S/C10H16O5/c1-4-5-9(11)15-8(2)10(12)14-7-6-13-3/h4-5,8H,6-7H2,1-3H3/b5-4-. The molecule has 0 aromatic heterocycles. The molecule has 0 spiro atoms. The van der Waals surface area contributed by atoms with Crippen molar-refractivity contribution in [2.24, 2.45) is 0 Å². The van der Waals surface area contributed by atoms with Gasteiger partial charge in [-0.3, -0.25) is 0 Å². The molecule has 0 amide bonds. The van der Waals surface area contributed by atoms with Crippen molar-refractivity contribution in [3.63, 3.8) is 0 Å². The Balaban J connectivity index is 3.83. The molecule has 0 aliphatic carbocycles. The van der Waals surface area contributed by atoms with Crippen molar-refractivity contribution in [2.45, 2.75) is 20.0 Å². The van der Waals surface area contributed by atoms with Gasteiger partial charge in [0.1, 0.15) is 6.61 Å². The SMILES string of the molecule is C/C=C\C(=O)OC(C)C(=O)OCCOC. The van der Waals surface area contributed by atoms with Crippen LogP contribution in [0, 0.1) is 0 Å². The first-order valence-corrected chi connectivity index (χ1v) is 4.60. The summed E-state index contributed by atoms with van der Waals surface area (Å²) in [5.74, 6) is -1.14. The van der Waals surface area contributed by atoms with Crippen molar-refractivity contribution < 1.29 is 23.8 Å². The van der Waals surface area contributed by atoms with E-state index in [1.54, 1.807) is 6.92 Å². The third-order valence-electron chi connectivity index (χ3n) is 1.46. The zero-order valence-electron chi connectivity index (χ0n) is 9.19. The summed E-state index contributed by atoms with van der Waals surface area (Å²) in [7, 11) is 1.50. The first kappa shape index (κ1) is 13.6. The topological polar surface area (TPSA) is 61.8 Å². The monoisotopic (exact) mass is 216 g/mol. The van der Waals surface area contributed by atoms with Crippen LogP contribution >= 0.6 is 0 Å². The number of ether oxygens (including phenoxy) is 3. The van der Waals surface area contributed by atoms with Gasteiger partial charge >= 0.3 is 11.9 Å². The molecule has 5 nitrogen and oxygen atoms in total. The molecule has 0 rings (SSSR count). The van der Waals surface area contributed by atoms with Gasteiger partial charge in [0.2, 0.25) is 0 Å². The molecule has 0 bridgehead atoms. The minimum Gasteiger partial charge on any atom is -0.461 e. The number of esters is 2. The van der Waals surface area contributed by atoms with Gasteiger partial charge in [0.15, 0.2) is 6.10 Å². The molecule has 0 aromatic carbocycles. The van der Waals surface area contributed by atoms with E-state index < -0.39 is 18.0 Å². The Kier molecular flexibility index (Phi) is 7.27. The lowest BCUT2D eigenvalue weighted by molar-refractivity contribution is -0.164. The van der Waals surface area contributed by atoms with Crippen LogP contribution in [-0.4, -0.2) is 38.4 Å². The average Bonchev–Trinajstić information content (AvgIpc) is 2.18. The second kappa shape index (κ2) is 7.99. The molecule has 1 atom stereocenters. The molecule has 5 heteroatoms. The Morgan fingerprint density at radius 2 is 2.00 bits per heavy atom. The molecule has 86 valence electrons. The minimum absolute atomic E-state index is 0.154. The summed E-state index contributed by atoms with van der Waals surface area (Å²) >= 11 is 0. The summed E-state index contributed by atoms with van der Waals surface area (Å²) in [5, 5.41) is 0. The maximum atomic E-state index is 11.2. The van der Waals surface area contributed by atoms with Gasteiger partial charge in [-0.05, 0) is 13.8 Å². The molecule has 15 heavy (non-hydrogen) atoms. The van der Waals surface area contributed by atoms with Crippen molar-refractivity contribution in [1.82, 2.24) is 0 Å². The van der Waals surface area contributed by atoms with E-state index in [1.807, 2.05) is 0 Å². The van der Waals surface area contributed by atoms with Gasteiger partial charge in [-0.15, -0.1) is 0 Å². The largest absolute Gasteiger partial charge is 0.461 e. The lowest BCUT2D eigenvalue weighted by atomic mass is 10.4. The van der Waals surface area contributed by atoms with Crippen LogP contribution in [0.5, 0.6) is 0 Å². The zero-order chi connectivity index (χ0) is 11.7. The maximum absolute atomic E-state index is 11.2. The number of carbonyl (C=O) groups is 2. The first-order valence-electron chi connectivity index (χ1n) is 4.60. The van der Waals surface area contributed by atoms with E-state index in [-0.39, 0.29) is 6.61 Å². The van der Waals surface area contributed by atoms with Gasteiger partial charge in [0.05, 0.1) is 6.61 Å². The molecule has 0 saturated carbocycles. The Morgan fingerprint density at radius 1 is 1.33 bits per heavy atom. The van der Waals surface area contributed by atoms with Crippen LogP contribution in [0.1, 0.15) is 13.8 Å². The fourth-order valence-corrected chi connectivity index (χ4v) is 0.741. The highest BCUT2D eigenvalue weighted by Crippen LogP contribution is 1.96. The fourth-order valence-electron chi connectivity index (χ4n) is 0.741. The maximum Gasteiger partial charge on any atom is 0.347 e. The van der Waals surface area contributed by atoms with Gasteiger partial charge in [-0.2, -0.15) is 0 Å². The van der Waals surface area contributed by atoms with Crippen molar-refractivity contribution in [3.05, 3.63) is 12.2 Å². The quantitative estimate of drug-likeness (QED) is 0.371. The van der Waals surface area contributed by atoms with E-state index in [2.05, 4.69) is 0 Å². The molecular weight excluding hydrogens is 200 g/mol. The third kappa shape index (κ3) is 6.68. The molecule has 0 aliphatic rings. The number of rotatable bonds is 6. The molecule has 0 N–H and O–H groups in total. The van der Waals surface area contributed by atoms with E-state index in [0.717, 1.165) is 0 Å². The third-order valence-corrected chi connectivity index (χ3v) is 1.46. The summed E-state index contributed by atoms with van der Waals surface area (Å²) in [6.45, 7) is 3.61. The predicted octanol–water partition coefficient (Wildman–Crippen LogP) is 0.684. The van der Waals surface area contributed by atoms with E-state index in [9.17, 15) is 9.59 Å². The second-order valence-corrected chi connectivity index (χ2v) is 2.74. The number of hydrogen-bond acceptors (Lipinski definition) is 5. The Bertz CT molecular complexity index is 234. The van der Waals surface area contributed by atoms with Crippen LogP contribution in [0.25, 0.3) is 0 Å². The van der Waals surface area contributed by atoms with Crippen molar-refractivity contribution >= 4 is 11.9 Å². The van der Waals surface area contributed by atoms with Gasteiger partial charge < -0.3 is 14.2 Å². The van der Waals surface area contributed by atoms with Crippen LogP contribution in [-0.2, 0) is 23.8 Å². The van der Waals surface area contributed by atoms with E-state index in [0.29, 0.717) is 6.61 Å². The van der Waals surface area contributed by atoms with Gasteiger partial charge in [0.25, 0.3) is 0 Å². The van der Waals surface area contributed by atoms with Crippen LogP contribution in [0.15, 0.2) is 12.2 Å². The predicted molar refractivity (Wildman–Crippen MR) is 53.2 cm³/mol. The molecule has 0 aromatic rings. The Morgan fingerprint density at radius 3 is 2.53 bits per heavy atom. The smallest absolute Gasteiger partial charge is 0.347 e. The minimum atomic E-state index is -0.898. The Hall–Kier alpha value is -1.36. The highest BCUT2D eigenvalue weighted by molar-refractivity contribution is 5.85. The highest BCUT2D eigenvalue weighted by atomic mass is 16.6. The van der Waals surface area contributed by atoms with E-state index >= 15 is 0 Å². The van der Waals surface area contributed by atoms with Gasteiger partial charge in [-0.1, -0.05) is 6.08 Å². The summed E-state index contributed by atoms with van der Waals surface area (Å²) in [6.07, 6.45) is 1.87. The normalized spacial score (nSPS) is 12.5. The van der Waals surface area contributed by atoms with Crippen molar-refractivity contribution in [1.29, 1.82) is 0 Å². The number of allylic oxidation sites excluding steroid dienone is 1. The highest BCUT2D eigenvalue weighted by Gasteiger charge is 2.17. The van der Waals surface area contributed by atoms with Crippen LogP contribution in [0.3, 0.4) is 0 Å². The Labute approximate surface area is 89.0 Å². The summed E-state index contributed by atoms with van der Waals surface area (Å²) in [4.78, 5) is 22.1. The van der Waals surface area contributed by atoms with Gasteiger partial charge in [0, 0.05) is 13.2 Å². The fraction of sp³-hybridized carbons (Fsp3) is 0.600. The molecule has 0 heterocycles. The van der Waals surface area contributed by atoms with Crippen LogP contribution in [0.4, 0.5) is 0 Å². The first-order chi connectivity index (χ1) is 7.11. The summed E-state index contributed by atoms with van der Waals surface area (Å²) in [6, 6.07) is 0. The van der Waals surface area contributed by atoms with E-state index in [1.165, 1.54) is 26.2 Å².